The third-order valence-electron chi connectivity index (χ3n) is 3.34. The van der Waals surface area contributed by atoms with Gasteiger partial charge in [0.1, 0.15) is 5.69 Å². The fourth-order valence-electron chi connectivity index (χ4n) is 2.12. The second kappa shape index (κ2) is 7.96. The average Bonchev–Trinajstić information content (AvgIpc) is 2.61. The Hall–Kier alpha value is -2.63. The molecule has 7 heteroatoms. The molecule has 2 N–H and O–H groups in total. The van der Waals surface area contributed by atoms with Gasteiger partial charge in [0.05, 0.1) is 0 Å². The van der Waals surface area contributed by atoms with Gasteiger partial charge in [-0.3, -0.25) is 4.79 Å². The monoisotopic (exact) mass is 372 g/mol. The summed E-state index contributed by atoms with van der Waals surface area (Å²) >= 11 is 11.8. The van der Waals surface area contributed by atoms with E-state index in [0.29, 0.717) is 22.5 Å². The van der Waals surface area contributed by atoms with Crippen LogP contribution in [0.4, 0.5) is 11.6 Å². The SMILES string of the molecule is O=C(NCc1ccc(Cl)cc1)c1ccnc(Nc2cccc(Cl)c2)n1. The van der Waals surface area contributed by atoms with Gasteiger partial charge in [-0.1, -0.05) is 41.4 Å². The molecule has 0 saturated carbocycles. The largest absolute Gasteiger partial charge is 0.347 e. The number of anilines is 2. The predicted octanol–water partition coefficient (Wildman–Crippen LogP) is 4.46. The maximum atomic E-state index is 12.3. The van der Waals surface area contributed by atoms with Gasteiger partial charge in [0.2, 0.25) is 5.95 Å². The van der Waals surface area contributed by atoms with E-state index in [1.165, 1.54) is 6.20 Å². The summed E-state index contributed by atoms with van der Waals surface area (Å²) in [5, 5.41) is 7.09. The number of carbonyl (C=O) groups is 1. The highest BCUT2D eigenvalue weighted by Gasteiger charge is 2.09. The maximum Gasteiger partial charge on any atom is 0.270 e. The van der Waals surface area contributed by atoms with Crippen molar-refractivity contribution in [2.24, 2.45) is 0 Å². The van der Waals surface area contributed by atoms with Gasteiger partial charge in [-0.2, -0.15) is 0 Å². The van der Waals surface area contributed by atoms with Crippen LogP contribution < -0.4 is 10.6 Å². The molecule has 1 aromatic heterocycles. The second-order valence-electron chi connectivity index (χ2n) is 5.21. The predicted molar refractivity (Wildman–Crippen MR) is 99.4 cm³/mol. The second-order valence-corrected chi connectivity index (χ2v) is 6.08. The van der Waals surface area contributed by atoms with Gasteiger partial charge in [-0.25, -0.2) is 9.97 Å². The van der Waals surface area contributed by atoms with Crippen LogP contribution in [0.2, 0.25) is 10.0 Å². The molecule has 126 valence electrons. The highest BCUT2D eigenvalue weighted by molar-refractivity contribution is 6.31. The Balaban J connectivity index is 1.65. The van der Waals surface area contributed by atoms with Crippen LogP contribution in [0, 0.1) is 0 Å². The van der Waals surface area contributed by atoms with Gasteiger partial charge in [-0.05, 0) is 42.0 Å². The lowest BCUT2D eigenvalue weighted by Crippen LogP contribution is -2.24. The summed E-state index contributed by atoms with van der Waals surface area (Å²) in [6.07, 6.45) is 1.52. The Morgan fingerprint density at radius 1 is 1.00 bits per heavy atom. The van der Waals surface area contributed by atoms with Crippen molar-refractivity contribution >= 4 is 40.7 Å². The number of hydrogen-bond acceptors (Lipinski definition) is 4. The molecule has 3 rings (SSSR count). The summed E-state index contributed by atoms with van der Waals surface area (Å²) in [5.74, 6) is 0.0351. The number of carbonyl (C=O) groups excluding carboxylic acids is 1. The molecule has 2 aromatic carbocycles. The minimum absolute atomic E-state index is 0.272. The fraction of sp³-hybridized carbons (Fsp3) is 0.0556. The number of nitrogens with one attached hydrogen (secondary N) is 2. The maximum absolute atomic E-state index is 12.3. The van der Waals surface area contributed by atoms with Crippen LogP contribution in [0.3, 0.4) is 0 Å². The summed E-state index contributed by atoms with van der Waals surface area (Å²) in [4.78, 5) is 20.6. The van der Waals surface area contributed by atoms with E-state index < -0.39 is 0 Å². The van der Waals surface area contributed by atoms with Crippen molar-refractivity contribution in [2.75, 3.05) is 5.32 Å². The first-order chi connectivity index (χ1) is 12.1. The first-order valence-electron chi connectivity index (χ1n) is 7.48. The number of nitrogens with zero attached hydrogens (tertiary/aromatic N) is 2. The zero-order chi connectivity index (χ0) is 17.6. The zero-order valence-electron chi connectivity index (χ0n) is 13.0. The minimum atomic E-state index is -0.286. The average molecular weight is 373 g/mol. The van der Waals surface area contributed by atoms with Crippen LogP contribution in [0.1, 0.15) is 16.1 Å². The van der Waals surface area contributed by atoms with E-state index in [1.54, 1.807) is 30.3 Å². The summed E-state index contributed by atoms with van der Waals surface area (Å²) in [6, 6.07) is 16.0. The molecule has 0 fully saturated rings. The van der Waals surface area contributed by atoms with Crippen molar-refractivity contribution in [2.45, 2.75) is 6.54 Å². The number of halogens is 2. The van der Waals surface area contributed by atoms with Gasteiger partial charge in [0.15, 0.2) is 0 Å². The van der Waals surface area contributed by atoms with Crippen LogP contribution in [0.5, 0.6) is 0 Å². The van der Waals surface area contributed by atoms with Crippen molar-refractivity contribution in [3.63, 3.8) is 0 Å². The lowest BCUT2D eigenvalue weighted by atomic mass is 10.2. The fourth-order valence-corrected chi connectivity index (χ4v) is 2.43. The molecule has 1 heterocycles. The molecule has 5 nitrogen and oxygen atoms in total. The standard InChI is InChI=1S/C18H14Cl2N4O/c19-13-6-4-12(5-7-13)11-22-17(25)16-8-9-21-18(24-16)23-15-3-1-2-14(20)10-15/h1-10H,11H2,(H,22,25)(H,21,23,24). The van der Waals surface area contributed by atoms with Crippen molar-refractivity contribution in [3.8, 4) is 0 Å². The van der Waals surface area contributed by atoms with Crippen molar-refractivity contribution < 1.29 is 4.79 Å². The van der Waals surface area contributed by atoms with E-state index in [9.17, 15) is 4.79 Å². The van der Waals surface area contributed by atoms with Gasteiger partial charge in [-0.15, -0.1) is 0 Å². The molecule has 0 saturated heterocycles. The van der Waals surface area contributed by atoms with E-state index >= 15 is 0 Å². The van der Waals surface area contributed by atoms with Gasteiger partial charge in [0, 0.05) is 28.5 Å². The Morgan fingerprint density at radius 2 is 1.80 bits per heavy atom. The van der Waals surface area contributed by atoms with Crippen LogP contribution in [-0.4, -0.2) is 15.9 Å². The topological polar surface area (TPSA) is 66.9 Å². The highest BCUT2D eigenvalue weighted by Crippen LogP contribution is 2.18. The van der Waals surface area contributed by atoms with Gasteiger partial charge < -0.3 is 10.6 Å². The van der Waals surface area contributed by atoms with Crippen molar-refractivity contribution in [3.05, 3.63) is 82.1 Å². The van der Waals surface area contributed by atoms with E-state index in [0.717, 1.165) is 11.3 Å². The Labute approximate surface area is 155 Å². The molecule has 0 aliphatic heterocycles. The molecule has 0 aliphatic rings. The highest BCUT2D eigenvalue weighted by atomic mass is 35.5. The molecule has 0 radical (unpaired) electrons. The van der Waals surface area contributed by atoms with Crippen LogP contribution in [-0.2, 0) is 6.54 Å². The van der Waals surface area contributed by atoms with Crippen LogP contribution in [0.25, 0.3) is 0 Å². The number of amides is 1. The lowest BCUT2D eigenvalue weighted by molar-refractivity contribution is 0.0946. The van der Waals surface area contributed by atoms with Gasteiger partial charge in [0.25, 0.3) is 5.91 Å². The number of rotatable bonds is 5. The molecule has 0 unspecified atom stereocenters. The lowest BCUT2D eigenvalue weighted by Gasteiger charge is -2.08. The zero-order valence-corrected chi connectivity index (χ0v) is 14.6. The third-order valence-corrected chi connectivity index (χ3v) is 3.82. The van der Waals surface area contributed by atoms with Crippen molar-refractivity contribution in [1.29, 1.82) is 0 Å². The Bertz CT molecular complexity index is 884. The van der Waals surface area contributed by atoms with Gasteiger partial charge >= 0.3 is 0 Å². The van der Waals surface area contributed by atoms with E-state index in [-0.39, 0.29) is 11.6 Å². The quantitative estimate of drug-likeness (QED) is 0.693. The Kier molecular flexibility index (Phi) is 5.48. The van der Waals surface area contributed by atoms with E-state index in [4.69, 9.17) is 23.2 Å². The summed E-state index contributed by atoms with van der Waals surface area (Å²) < 4.78 is 0. The van der Waals surface area contributed by atoms with Crippen LogP contribution in [0.15, 0.2) is 60.8 Å². The molecule has 3 aromatic rings. The minimum Gasteiger partial charge on any atom is -0.347 e. The number of hydrogen-bond donors (Lipinski definition) is 2. The molecule has 0 atom stereocenters. The molecule has 0 aliphatic carbocycles. The summed E-state index contributed by atoms with van der Waals surface area (Å²) in [5.41, 5.74) is 1.96. The molecule has 0 spiro atoms. The number of aromatic nitrogens is 2. The molecular weight excluding hydrogens is 359 g/mol. The first kappa shape index (κ1) is 17.2. The Morgan fingerprint density at radius 3 is 2.56 bits per heavy atom. The first-order valence-corrected chi connectivity index (χ1v) is 8.24. The van der Waals surface area contributed by atoms with E-state index in [2.05, 4.69) is 20.6 Å². The van der Waals surface area contributed by atoms with E-state index in [1.807, 2.05) is 24.3 Å². The number of benzene rings is 2. The van der Waals surface area contributed by atoms with Crippen LogP contribution >= 0.6 is 23.2 Å². The molecule has 25 heavy (non-hydrogen) atoms. The van der Waals surface area contributed by atoms with Crippen molar-refractivity contribution in [1.82, 2.24) is 15.3 Å². The smallest absolute Gasteiger partial charge is 0.270 e. The summed E-state index contributed by atoms with van der Waals surface area (Å²) in [7, 11) is 0. The normalized spacial score (nSPS) is 10.3. The molecule has 1 amide bonds. The summed E-state index contributed by atoms with van der Waals surface area (Å²) in [6.45, 7) is 0.386. The molecular formula is C18H14Cl2N4O. The molecule has 0 bridgehead atoms. The third kappa shape index (κ3) is 4.92.